The molecule has 0 aliphatic heterocycles. The molecule has 23 heavy (non-hydrogen) atoms. The van der Waals surface area contributed by atoms with Gasteiger partial charge < -0.3 is 10.6 Å². The minimum absolute atomic E-state index is 0.168. The number of aryl methyl sites for hydroxylation is 1. The minimum atomic E-state index is -0.406. The average molecular weight is 313 g/mol. The molecular formula is C19H22FN2O+. The largest absolute Gasteiger partial charge is 0.330 e. The summed E-state index contributed by atoms with van der Waals surface area (Å²) in [4.78, 5) is 12.3. The molecule has 0 radical (unpaired) electrons. The summed E-state index contributed by atoms with van der Waals surface area (Å²) in [5.41, 5.74) is 2.94. The Balaban J connectivity index is 1.67. The van der Waals surface area contributed by atoms with E-state index in [9.17, 15) is 9.18 Å². The van der Waals surface area contributed by atoms with E-state index in [0.717, 1.165) is 19.3 Å². The number of amides is 1. The van der Waals surface area contributed by atoms with Crippen LogP contribution in [0.15, 0.2) is 48.5 Å². The zero-order chi connectivity index (χ0) is 16.2. The number of carbonyl (C=O) groups excluding carboxylic acids is 1. The van der Waals surface area contributed by atoms with Gasteiger partial charge >= 0.3 is 0 Å². The van der Waals surface area contributed by atoms with Gasteiger partial charge in [-0.05, 0) is 37.5 Å². The van der Waals surface area contributed by atoms with Gasteiger partial charge in [0.15, 0.2) is 6.04 Å². The van der Waals surface area contributed by atoms with Gasteiger partial charge in [-0.1, -0.05) is 36.4 Å². The van der Waals surface area contributed by atoms with E-state index in [4.69, 9.17) is 0 Å². The lowest BCUT2D eigenvalue weighted by atomic mass is 9.87. The number of halogens is 1. The van der Waals surface area contributed by atoms with Crippen molar-refractivity contribution in [3.05, 3.63) is 65.5 Å². The number of carbonyl (C=O) groups is 1. The Morgan fingerprint density at radius 2 is 1.96 bits per heavy atom. The maximum atomic E-state index is 13.6. The van der Waals surface area contributed by atoms with Crippen LogP contribution in [0.1, 0.15) is 36.9 Å². The zero-order valence-electron chi connectivity index (χ0n) is 13.3. The van der Waals surface area contributed by atoms with Crippen molar-refractivity contribution >= 4 is 11.6 Å². The molecule has 0 bridgehead atoms. The topological polar surface area (TPSA) is 45.7 Å². The molecule has 0 fully saturated rings. The van der Waals surface area contributed by atoms with Gasteiger partial charge in [0.05, 0.1) is 5.69 Å². The van der Waals surface area contributed by atoms with Crippen LogP contribution >= 0.6 is 0 Å². The first-order chi connectivity index (χ1) is 11.1. The number of rotatable bonds is 4. The van der Waals surface area contributed by atoms with E-state index >= 15 is 0 Å². The number of para-hydroxylation sites is 1. The van der Waals surface area contributed by atoms with Crippen LogP contribution in [0.3, 0.4) is 0 Å². The maximum absolute atomic E-state index is 13.6. The number of nitrogens with two attached hydrogens (primary N) is 1. The molecule has 4 heteroatoms. The van der Waals surface area contributed by atoms with Crippen LogP contribution in [-0.2, 0) is 11.2 Å². The molecule has 0 saturated heterocycles. The third-order valence-electron chi connectivity index (χ3n) is 4.48. The van der Waals surface area contributed by atoms with Gasteiger partial charge in [0.2, 0.25) is 0 Å². The Morgan fingerprint density at radius 1 is 1.22 bits per heavy atom. The normalized spacial score (nSPS) is 18.1. The highest BCUT2D eigenvalue weighted by Crippen LogP contribution is 2.26. The van der Waals surface area contributed by atoms with Crippen LogP contribution in [0.2, 0.25) is 0 Å². The molecule has 1 amide bonds. The molecule has 0 unspecified atom stereocenters. The fraction of sp³-hybridized carbons (Fsp3) is 0.316. The average Bonchev–Trinajstić information content (AvgIpc) is 2.57. The summed E-state index contributed by atoms with van der Waals surface area (Å²) in [5, 5.41) is 4.77. The van der Waals surface area contributed by atoms with Gasteiger partial charge in [-0.3, -0.25) is 4.79 Å². The fourth-order valence-corrected chi connectivity index (χ4v) is 3.24. The number of quaternary nitrogens is 1. The molecule has 2 aromatic rings. The first-order valence-electron chi connectivity index (χ1n) is 8.13. The van der Waals surface area contributed by atoms with Crippen molar-refractivity contribution in [1.82, 2.24) is 0 Å². The molecule has 3 nitrogen and oxygen atoms in total. The Labute approximate surface area is 135 Å². The molecule has 0 saturated carbocycles. The lowest BCUT2D eigenvalue weighted by Crippen LogP contribution is -2.92. The van der Waals surface area contributed by atoms with E-state index in [1.165, 1.54) is 17.2 Å². The zero-order valence-corrected chi connectivity index (χ0v) is 13.3. The summed E-state index contributed by atoms with van der Waals surface area (Å²) in [6.45, 7) is 1.87. The Hall–Kier alpha value is -2.20. The predicted molar refractivity (Wildman–Crippen MR) is 88.5 cm³/mol. The summed E-state index contributed by atoms with van der Waals surface area (Å²) >= 11 is 0. The molecule has 0 heterocycles. The first kappa shape index (κ1) is 15.7. The Morgan fingerprint density at radius 3 is 2.78 bits per heavy atom. The van der Waals surface area contributed by atoms with Crippen LogP contribution in [0.4, 0.5) is 10.1 Å². The number of benzene rings is 2. The summed E-state index contributed by atoms with van der Waals surface area (Å²) in [7, 11) is 0. The van der Waals surface area contributed by atoms with E-state index in [1.807, 2.05) is 6.92 Å². The van der Waals surface area contributed by atoms with Gasteiger partial charge in [0, 0.05) is 12.0 Å². The Kier molecular flexibility index (Phi) is 4.72. The number of anilines is 1. The van der Waals surface area contributed by atoms with Crippen molar-refractivity contribution < 1.29 is 14.5 Å². The van der Waals surface area contributed by atoms with Gasteiger partial charge in [-0.2, -0.15) is 0 Å². The number of nitrogens with one attached hydrogen (secondary N) is 1. The number of hydrogen-bond donors (Lipinski definition) is 2. The second kappa shape index (κ2) is 6.92. The highest BCUT2D eigenvalue weighted by molar-refractivity contribution is 5.93. The molecule has 0 spiro atoms. The van der Waals surface area contributed by atoms with Gasteiger partial charge in [0.25, 0.3) is 5.91 Å². The number of fused-ring (bicyclic) bond motifs is 1. The molecule has 2 aromatic carbocycles. The summed E-state index contributed by atoms with van der Waals surface area (Å²) in [6.07, 6.45) is 3.31. The second-order valence-corrected chi connectivity index (χ2v) is 6.15. The fourth-order valence-electron chi connectivity index (χ4n) is 3.24. The van der Waals surface area contributed by atoms with Gasteiger partial charge in [0.1, 0.15) is 11.9 Å². The van der Waals surface area contributed by atoms with Crippen LogP contribution in [0, 0.1) is 5.82 Å². The smallest absolute Gasteiger partial charge is 0.282 e. The highest BCUT2D eigenvalue weighted by Gasteiger charge is 2.27. The lowest BCUT2D eigenvalue weighted by Gasteiger charge is -2.26. The van der Waals surface area contributed by atoms with Crippen molar-refractivity contribution in [2.75, 3.05) is 5.32 Å². The standard InChI is InChI=1S/C19H21FN2O/c1-13(19(23)22-18-11-5-4-10-16(18)20)21-17-12-6-8-14-7-2-3-9-15(14)17/h2-5,7,9-11,13,17,21H,6,8,12H2,1H3,(H,22,23)/p+1/t13-,17+/m1/s1. The monoisotopic (exact) mass is 313 g/mol. The van der Waals surface area contributed by atoms with Crippen LogP contribution in [0.5, 0.6) is 0 Å². The van der Waals surface area contributed by atoms with E-state index in [0.29, 0.717) is 6.04 Å². The highest BCUT2D eigenvalue weighted by atomic mass is 19.1. The Bertz CT molecular complexity index is 701. The maximum Gasteiger partial charge on any atom is 0.282 e. The van der Waals surface area contributed by atoms with Crippen molar-refractivity contribution in [2.24, 2.45) is 0 Å². The van der Waals surface area contributed by atoms with E-state index in [2.05, 4.69) is 34.9 Å². The third kappa shape index (κ3) is 3.59. The van der Waals surface area contributed by atoms with Crippen LogP contribution in [-0.4, -0.2) is 11.9 Å². The summed E-state index contributed by atoms with van der Waals surface area (Å²) < 4.78 is 13.6. The molecule has 120 valence electrons. The van der Waals surface area contributed by atoms with Crippen molar-refractivity contribution in [3.63, 3.8) is 0 Å². The predicted octanol–water partition coefficient (Wildman–Crippen LogP) is 2.79. The summed E-state index contributed by atoms with van der Waals surface area (Å²) in [5.74, 6) is -0.575. The quantitative estimate of drug-likeness (QED) is 0.896. The molecule has 1 aliphatic carbocycles. The van der Waals surface area contributed by atoms with Crippen molar-refractivity contribution in [1.29, 1.82) is 0 Å². The van der Waals surface area contributed by atoms with Crippen LogP contribution in [0.25, 0.3) is 0 Å². The van der Waals surface area contributed by atoms with E-state index in [-0.39, 0.29) is 17.6 Å². The third-order valence-corrected chi connectivity index (χ3v) is 4.48. The SMILES string of the molecule is C[C@@H]([NH2+][C@H]1CCCc2ccccc21)C(=O)Nc1ccccc1F. The van der Waals surface area contributed by atoms with E-state index < -0.39 is 5.82 Å². The van der Waals surface area contributed by atoms with Crippen molar-refractivity contribution in [3.8, 4) is 0 Å². The number of hydrogen-bond acceptors (Lipinski definition) is 1. The van der Waals surface area contributed by atoms with Crippen molar-refractivity contribution in [2.45, 2.75) is 38.3 Å². The lowest BCUT2D eigenvalue weighted by molar-refractivity contribution is -0.714. The second-order valence-electron chi connectivity index (χ2n) is 6.15. The van der Waals surface area contributed by atoms with Gasteiger partial charge in [-0.25, -0.2) is 4.39 Å². The molecular weight excluding hydrogens is 291 g/mol. The van der Waals surface area contributed by atoms with E-state index in [1.54, 1.807) is 18.2 Å². The van der Waals surface area contributed by atoms with Crippen LogP contribution < -0.4 is 10.6 Å². The molecule has 0 aromatic heterocycles. The molecule has 3 N–H and O–H groups in total. The van der Waals surface area contributed by atoms with Gasteiger partial charge in [-0.15, -0.1) is 0 Å². The molecule has 3 rings (SSSR count). The minimum Gasteiger partial charge on any atom is -0.330 e. The molecule has 2 atom stereocenters. The molecule has 1 aliphatic rings. The first-order valence-corrected chi connectivity index (χ1v) is 8.13. The summed E-state index contributed by atoms with van der Waals surface area (Å²) in [6, 6.07) is 14.7.